The van der Waals surface area contributed by atoms with Crippen LogP contribution in [-0.2, 0) is 9.59 Å². The van der Waals surface area contributed by atoms with Crippen LogP contribution in [-0.4, -0.2) is 69.0 Å². The molecule has 1 aliphatic rings. The van der Waals surface area contributed by atoms with Gasteiger partial charge in [0, 0.05) is 29.9 Å². The Morgan fingerprint density at radius 1 is 0.951 bits per heavy atom. The van der Waals surface area contributed by atoms with Crippen molar-refractivity contribution in [3.8, 4) is 11.4 Å². The SMILES string of the molecule is CCN(CC)C(=O)CN1C(=O)C(NC(=O)Nc2cccc(-c3nnn[nH]3)c2)C=C(c2ccccc2)c2ccccc21. The predicted molar refractivity (Wildman–Crippen MR) is 156 cm³/mol. The van der Waals surface area contributed by atoms with Gasteiger partial charge < -0.3 is 20.4 Å². The molecule has 4 aromatic rings. The molecule has 11 nitrogen and oxygen atoms in total. The van der Waals surface area contributed by atoms with E-state index in [1.807, 2.05) is 68.4 Å². The number of para-hydroxylation sites is 1. The number of likely N-dealkylation sites (N-methyl/N-ethyl adjacent to an activating group) is 1. The maximum Gasteiger partial charge on any atom is 0.320 e. The first-order valence-corrected chi connectivity index (χ1v) is 13.4. The van der Waals surface area contributed by atoms with Crippen molar-refractivity contribution in [2.75, 3.05) is 29.9 Å². The topological polar surface area (TPSA) is 136 Å². The van der Waals surface area contributed by atoms with E-state index in [9.17, 15) is 14.4 Å². The second-order valence-electron chi connectivity index (χ2n) is 9.36. The number of anilines is 2. The van der Waals surface area contributed by atoms with Crippen molar-refractivity contribution in [3.63, 3.8) is 0 Å². The van der Waals surface area contributed by atoms with Crippen LogP contribution in [0.15, 0.2) is 84.9 Å². The van der Waals surface area contributed by atoms with Crippen LogP contribution in [0.5, 0.6) is 0 Å². The van der Waals surface area contributed by atoms with E-state index in [0.29, 0.717) is 35.9 Å². The Bertz CT molecular complexity index is 1570. The highest BCUT2D eigenvalue weighted by atomic mass is 16.2. The molecule has 0 spiro atoms. The van der Waals surface area contributed by atoms with Crippen molar-refractivity contribution in [1.29, 1.82) is 0 Å². The molecule has 5 rings (SSSR count). The molecule has 1 atom stereocenters. The van der Waals surface area contributed by atoms with Crippen LogP contribution in [0.25, 0.3) is 17.0 Å². The Morgan fingerprint density at radius 2 is 1.68 bits per heavy atom. The number of nitrogens with zero attached hydrogens (tertiary/aromatic N) is 5. The summed E-state index contributed by atoms with van der Waals surface area (Å²) >= 11 is 0. The minimum Gasteiger partial charge on any atom is -0.342 e. The van der Waals surface area contributed by atoms with Gasteiger partial charge in [0.25, 0.3) is 5.91 Å². The number of carbonyl (C=O) groups excluding carboxylic acids is 3. The number of fused-ring (bicyclic) bond motifs is 1. The molecule has 1 aliphatic heterocycles. The van der Waals surface area contributed by atoms with Crippen LogP contribution < -0.4 is 15.5 Å². The summed E-state index contributed by atoms with van der Waals surface area (Å²) in [4.78, 5) is 43.6. The minimum atomic E-state index is -1.05. The van der Waals surface area contributed by atoms with E-state index in [-0.39, 0.29) is 12.5 Å². The van der Waals surface area contributed by atoms with Gasteiger partial charge in [-0.25, -0.2) is 9.89 Å². The standard InChI is InChI=1S/C30H30N8O3/c1-3-37(4-2)27(39)19-38-26-16-9-8-15-23(26)24(20-11-6-5-7-12-20)18-25(29(38)40)32-30(41)31-22-14-10-13-21(17-22)28-33-35-36-34-28/h5-18,25H,3-4,19H2,1-2H3,(H2,31,32,41)(H,33,34,35,36). The molecule has 11 heteroatoms. The zero-order valence-corrected chi connectivity index (χ0v) is 22.7. The van der Waals surface area contributed by atoms with Gasteiger partial charge in [0.1, 0.15) is 12.6 Å². The Kier molecular flexibility index (Phi) is 8.14. The van der Waals surface area contributed by atoms with Crippen molar-refractivity contribution in [3.05, 3.63) is 96.1 Å². The monoisotopic (exact) mass is 550 g/mol. The van der Waals surface area contributed by atoms with Crippen molar-refractivity contribution >= 4 is 34.8 Å². The van der Waals surface area contributed by atoms with Crippen LogP contribution in [0.1, 0.15) is 25.0 Å². The largest absolute Gasteiger partial charge is 0.342 e. The first kappa shape index (κ1) is 27.3. The highest BCUT2D eigenvalue weighted by molar-refractivity contribution is 6.09. The number of tetrazole rings is 1. The van der Waals surface area contributed by atoms with Crippen LogP contribution in [0.3, 0.4) is 0 Å². The first-order chi connectivity index (χ1) is 20.0. The van der Waals surface area contributed by atoms with Gasteiger partial charge in [-0.2, -0.15) is 0 Å². The summed E-state index contributed by atoms with van der Waals surface area (Å²) in [5.41, 5.74) is 4.22. The normalized spacial score (nSPS) is 14.5. The summed E-state index contributed by atoms with van der Waals surface area (Å²) < 4.78 is 0. The number of H-pyrrole nitrogens is 1. The van der Waals surface area contributed by atoms with Crippen molar-refractivity contribution in [1.82, 2.24) is 30.8 Å². The van der Waals surface area contributed by atoms with Crippen LogP contribution in [0.4, 0.5) is 16.2 Å². The van der Waals surface area contributed by atoms with Gasteiger partial charge in [-0.3, -0.25) is 9.59 Å². The van der Waals surface area contributed by atoms with Crippen molar-refractivity contribution < 1.29 is 14.4 Å². The maximum absolute atomic E-state index is 14.1. The quantitative estimate of drug-likeness (QED) is 0.306. The average Bonchev–Trinajstić information content (AvgIpc) is 3.51. The summed E-state index contributed by atoms with van der Waals surface area (Å²) in [6.07, 6.45) is 1.74. The lowest BCUT2D eigenvalue weighted by Gasteiger charge is -2.28. The predicted octanol–water partition coefficient (Wildman–Crippen LogP) is 3.70. The molecule has 208 valence electrons. The van der Waals surface area contributed by atoms with Gasteiger partial charge in [-0.05, 0) is 59.7 Å². The Morgan fingerprint density at radius 3 is 2.41 bits per heavy atom. The second-order valence-corrected chi connectivity index (χ2v) is 9.36. The molecule has 41 heavy (non-hydrogen) atoms. The van der Waals surface area contributed by atoms with Gasteiger partial charge in [-0.15, -0.1) is 5.10 Å². The van der Waals surface area contributed by atoms with Gasteiger partial charge in [0.2, 0.25) is 5.91 Å². The smallest absolute Gasteiger partial charge is 0.320 e. The third-order valence-corrected chi connectivity index (χ3v) is 6.87. The molecule has 1 aromatic heterocycles. The molecule has 0 bridgehead atoms. The number of urea groups is 1. The van der Waals surface area contributed by atoms with E-state index in [2.05, 4.69) is 31.3 Å². The van der Waals surface area contributed by atoms with Crippen LogP contribution >= 0.6 is 0 Å². The Hall–Kier alpha value is -5.32. The zero-order chi connectivity index (χ0) is 28.8. The van der Waals surface area contributed by atoms with Gasteiger partial charge >= 0.3 is 6.03 Å². The van der Waals surface area contributed by atoms with E-state index in [1.165, 1.54) is 4.90 Å². The fourth-order valence-electron chi connectivity index (χ4n) is 4.83. The van der Waals surface area contributed by atoms with E-state index in [4.69, 9.17) is 0 Å². The summed E-state index contributed by atoms with van der Waals surface area (Å²) in [7, 11) is 0. The number of benzene rings is 3. The van der Waals surface area contributed by atoms with E-state index in [1.54, 1.807) is 35.2 Å². The second kappa shape index (κ2) is 12.2. The number of aromatic nitrogens is 4. The number of carbonyl (C=O) groups is 3. The highest BCUT2D eigenvalue weighted by Crippen LogP contribution is 2.35. The average molecular weight is 551 g/mol. The maximum atomic E-state index is 14.1. The molecule has 0 fully saturated rings. The molecule has 3 N–H and O–H groups in total. The molecule has 4 amide bonds. The van der Waals surface area contributed by atoms with Crippen LogP contribution in [0.2, 0.25) is 0 Å². The number of rotatable bonds is 8. The fraction of sp³-hybridized carbons (Fsp3) is 0.200. The molecule has 2 heterocycles. The number of amides is 4. The highest BCUT2D eigenvalue weighted by Gasteiger charge is 2.33. The first-order valence-electron chi connectivity index (χ1n) is 13.4. The summed E-state index contributed by atoms with van der Waals surface area (Å²) in [6.45, 7) is 4.70. The third-order valence-electron chi connectivity index (χ3n) is 6.87. The van der Waals surface area contributed by atoms with Gasteiger partial charge in [0.05, 0.1) is 5.69 Å². The lowest BCUT2D eigenvalue weighted by atomic mass is 9.95. The number of aromatic amines is 1. The number of hydrogen-bond acceptors (Lipinski definition) is 6. The molecule has 0 saturated heterocycles. The van der Waals surface area contributed by atoms with Gasteiger partial charge in [-0.1, -0.05) is 60.7 Å². The number of hydrogen-bond donors (Lipinski definition) is 3. The molecule has 0 radical (unpaired) electrons. The molecular weight excluding hydrogens is 520 g/mol. The zero-order valence-electron chi connectivity index (χ0n) is 22.7. The summed E-state index contributed by atoms with van der Waals surface area (Å²) in [5, 5.41) is 19.4. The summed E-state index contributed by atoms with van der Waals surface area (Å²) in [6, 6.07) is 22.5. The molecule has 0 saturated carbocycles. The lowest BCUT2D eigenvalue weighted by molar-refractivity contribution is -0.131. The minimum absolute atomic E-state index is 0.152. The molecule has 0 aliphatic carbocycles. The van der Waals surface area contributed by atoms with Gasteiger partial charge in [0.15, 0.2) is 5.82 Å². The van der Waals surface area contributed by atoms with E-state index < -0.39 is 18.0 Å². The number of nitrogens with one attached hydrogen (secondary N) is 3. The van der Waals surface area contributed by atoms with Crippen molar-refractivity contribution in [2.24, 2.45) is 0 Å². The fourth-order valence-corrected chi connectivity index (χ4v) is 4.83. The molecular formula is C30H30N8O3. The van der Waals surface area contributed by atoms with Crippen molar-refractivity contribution in [2.45, 2.75) is 19.9 Å². The Balaban J connectivity index is 1.48. The molecule has 3 aromatic carbocycles. The Labute approximate surface area is 237 Å². The van der Waals surface area contributed by atoms with E-state index >= 15 is 0 Å². The summed E-state index contributed by atoms with van der Waals surface area (Å²) in [5.74, 6) is -0.140. The van der Waals surface area contributed by atoms with Crippen LogP contribution in [0, 0.1) is 0 Å². The molecule has 1 unspecified atom stereocenters. The van der Waals surface area contributed by atoms with E-state index in [0.717, 1.165) is 16.7 Å². The third kappa shape index (κ3) is 5.98. The lowest BCUT2D eigenvalue weighted by Crippen LogP contribution is -2.51.